The summed E-state index contributed by atoms with van der Waals surface area (Å²) in [7, 11) is 0. The molecule has 0 aliphatic carbocycles. The molecule has 0 aliphatic heterocycles. The van der Waals surface area contributed by atoms with Crippen LogP contribution in [0.4, 0.5) is 4.39 Å². The maximum absolute atomic E-state index is 13.5. The average Bonchev–Trinajstić information content (AvgIpc) is 2.39. The Morgan fingerprint density at radius 3 is 2.53 bits per heavy atom. The highest BCUT2D eigenvalue weighted by molar-refractivity contribution is 6.06. The number of carbonyl (C=O) groups excluding carboxylic acids is 1. The lowest BCUT2D eigenvalue weighted by Gasteiger charge is -2.07. The zero-order valence-corrected chi connectivity index (χ0v) is 9.72. The van der Waals surface area contributed by atoms with Gasteiger partial charge in [0.1, 0.15) is 5.82 Å². The number of hydrogen-bond acceptors (Lipinski definition) is 3. The van der Waals surface area contributed by atoms with Gasteiger partial charge in [-0.25, -0.2) is 14.7 Å². The molecule has 2 aromatic rings. The van der Waals surface area contributed by atoms with E-state index in [1.807, 2.05) is 5.48 Å². The Hall–Kier alpha value is -2.47. The fourth-order valence-electron chi connectivity index (χ4n) is 1.68. The molecule has 0 aromatic heterocycles. The largest absolute Gasteiger partial charge is 0.479 e. The molecule has 0 radical (unpaired) electrons. The Labute approximate surface area is 107 Å². The lowest BCUT2D eigenvalue weighted by atomic mass is 10.0. The summed E-state index contributed by atoms with van der Waals surface area (Å²) in [5, 5.41) is 9.12. The summed E-state index contributed by atoms with van der Waals surface area (Å²) in [4.78, 5) is 26.5. The van der Waals surface area contributed by atoms with Crippen molar-refractivity contribution in [2.24, 2.45) is 0 Å². The molecule has 2 aromatic carbocycles. The van der Waals surface area contributed by atoms with E-state index in [-0.39, 0.29) is 5.56 Å². The molecule has 0 bridgehead atoms. The fourth-order valence-corrected chi connectivity index (χ4v) is 1.68. The van der Waals surface area contributed by atoms with Crippen molar-refractivity contribution in [3.05, 3.63) is 47.8 Å². The van der Waals surface area contributed by atoms with Gasteiger partial charge >= 0.3 is 5.97 Å². The van der Waals surface area contributed by atoms with Crippen LogP contribution >= 0.6 is 0 Å². The number of rotatable bonds is 4. The van der Waals surface area contributed by atoms with Crippen molar-refractivity contribution < 1.29 is 23.9 Å². The zero-order valence-electron chi connectivity index (χ0n) is 9.72. The Balaban J connectivity index is 2.27. The molecule has 0 aliphatic rings. The molecular weight excluding hydrogens is 253 g/mol. The third-order valence-electron chi connectivity index (χ3n) is 2.48. The Morgan fingerprint density at radius 2 is 1.84 bits per heavy atom. The number of halogens is 1. The summed E-state index contributed by atoms with van der Waals surface area (Å²) >= 11 is 0. The van der Waals surface area contributed by atoms with Crippen LogP contribution in [0.15, 0.2) is 36.4 Å². The lowest BCUT2D eigenvalue weighted by molar-refractivity contribution is -0.144. The highest BCUT2D eigenvalue weighted by Crippen LogP contribution is 2.21. The molecule has 1 amide bonds. The van der Waals surface area contributed by atoms with E-state index < -0.39 is 24.3 Å². The minimum atomic E-state index is -1.20. The summed E-state index contributed by atoms with van der Waals surface area (Å²) in [5.74, 6) is -2.26. The van der Waals surface area contributed by atoms with Gasteiger partial charge in [-0.3, -0.25) is 9.63 Å². The molecule has 98 valence electrons. The second-order valence-corrected chi connectivity index (χ2v) is 3.75. The van der Waals surface area contributed by atoms with Crippen LogP contribution in [-0.2, 0) is 9.63 Å². The maximum Gasteiger partial charge on any atom is 0.332 e. The monoisotopic (exact) mass is 263 g/mol. The minimum absolute atomic E-state index is 0.211. The van der Waals surface area contributed by atoms with E-state index in [0.717, 1.165) is 0 Å². The first-order chi connectivity index (χ1) is 9.09. The molecule has 2 N–H and O–H groups in total. The molecule has 6 heteroatoms. The van der Waals surface area contributed by atoms with E-state index in [0.29, 0.717) is 10.8 Å². The number of carboxylic acid groups (broad SMARTS) is 1. The predicted molar refractivity (Wildman–Crippen MR) is 65.0 cm³/mol. The van der Waals surface area contributed by atoms with Crippen LogP contribution in [0.1, 0.15) is 10.4 Å². The SMILES string of the molecule is O=C(O)CONC(=O)c1ccc(F)c2ccccc12. The molecule has 0 spiro atoms. The quantitative estimate of drug-likeness (QED) is 0.823. The second kappa shape index (κ2) is 5.45. The molecular formula is C13H10FNO4. The number of aliphatic carboxylic acids is 1. The van der Waals surface area contributed by atoms with Gasteiger partial charge in [-0.1, -0.05) is 24.3 Å². The predicted octanol–water partition coefficient (Wildman–Crippen LogP) is 1.72. The van der Waals surface area contributed by atoms with Gasteiger partial charge in [0.15, 0.2) is 6.61 Å². The highest BCUT2D eigenvalue weighted by atomic mass is 19.1. The van der Waals surface area contributed by atoms with Gasteiger partial charge in [0, 0.05) is 10.9 Å². The first kappa shape index (κ1) is 13.0. The van der Waals surface area contributed by atoms with Gasteiger partial charge in [0.25, 0.3) is 5.91 Å². The van der Waals surface area contributed by atoms with Gasteiger partial charge < -0.3 is 5.11 Å². The third-order valence-corrected chi connectivity index (χ3v) is 2.48. The molecule has 0 heterocycles. The Kier molecular flexibility index (Phi) is 3.72. The van der Waals surface area contributed by atoms with Gasteiger partial charge in [-0.2, -0.15) is 0 Å². The highest BCUT2D eigenvalue weighted by Gasteiger charge is 2.12. The first-order valence-electron chi connectivity index (χ1n) is 5.41. The number of fused-ring (bicyclic) bond motifs is 1. The minimum Gasteiger partial charge on any atom is -0.479 e. The van der Waals surface area contributed by atoms with E-state index in [4.69, 9.17) is 5.11 Å². The summed E-state index contributed by atoms with van der Waals surface area (Å²) in [6.45, 7) is -0.648. The molecule has 0 fully saturated rings. The lowest BCUT2D eigenvalue weighted by Crippen LogP contribution is -2.26. The van der Waals surface area contributed by atoms with Crippen molar-refractivity contribution in [3.8, 4) is 0 Å². The number of benzene rings is 2. The van der Waals surface area contributed by atoms with Crippen molar-refractivity contribution in [2.75, 3.05) is 6.61 Å². The van der Waals surface area contributed by atoms with Crippen LogP contribution in [0.3, 0.4) is 0 Å². The maximum atomic E-state index is 13.5. The van der Waals surface area contributed by atoms with Crippen LogP contribution in [-0.4, -0.2) is 23.6 Å². The Bertz CT molecular complexity index is 642. The number of carboxylic acids is 1. The van der Waals surface area contributed by atoms with Crippen LogP contribution in [0.25, 0.3) is 10.8 Å². The smallest absolute Gasteiger partial charge is 0.332 e. The van der Waals surface area contributed by atoms with E-state index in [9.17, 15) is 14.0 Å². The molecule has 19 heavy (non-hydrogen) atoms. The van der Waals surface area contributed by atoms with E-state index >= 15 is 0 Å². The topological polar surface area (TPSA) is 75.6 Å². The zero-order chi connectivity index (χ0) is 13.8. The van der Waals surface area contributed by atoms with Crippen molar-refractivity contribution in [1.82, 2.24) is 5.48 Å². The van der Waals surface area contributed by atoms with Crippen molar-refractivity contribution in [2.45, 2.75) is 0 Å². The molecule has 0 atom stereocenters. The van der Waals surface area contributed by atoms with Crippen LogP contribution in [0.5, 0.6) is 0 Å². The van der Waals surface area contributed by atoms with Crippen LogP contribution in [0.2, 0.25) is 0 Å². The van der Waals surface area contributed by atoms with Crippen LogP contribution < -0.4 is 5.48 Å². The molecule has 0 saturated heterocycles. The molecule has 0 unspecified atom stereocenters. The number of hydrogen-bond donors (Lipinski definition) is 2. The van der Waals surface area contributed by atoms with Gasteiger partial charge in [0.2, 0.25) is 0 Å². The molecule has 0 saturated carbocycles. The average molecular weight is 263 g/mol. The van der Waals surface area contributed by atoms with Gasteiger partial charge in [-0.15, -0.1) is 0 Å². The van der Waals surface area contributed by atoms with Crippen molar-refractivity contribution in [3.63, 3.8) is 0 Å². The summed E-state index contributed by atoms with van der Waals surface area (Å²) in [6.07, 6.45) is 0. The Morgan fingerprint density at radius 1 is 1.16 bits per heavy atom. The standard InChI is InChI=1S/C13H10FNO4/c14-11-6-5-10(8-3-1-2-4-9(8)11)13(18)15-19-7-12(16)17/h1-6H,7H2,(H,15,18)(H,16,17). The van der Waals surface area contributed by atoms with Crippen molar-refractivity contribution in [1.29, 1.82) is 0 Å². The number of amides is 1. The van der Waals surface area contributed by atoms with E-state index in [1.54, 1.807) is 24.3 Å². The number of hydroxylamine groups is 1. The first-order valence-corrected chi connectivity index (χ1v) is 5.41. The molecule has 5 nitrogen and oxygen atoms in total. The van der Waals surface area contributed by atoms with Gasteiger partial charge in [0.05, 0.1) is 0 Å². The van der Waals surface area contributed by atoms with Crippen molar-refractivity contribution >= 4 is 22.6 Å². The summed E-state index contributed by atoms with van der Waals surface area (Å²) in [6, 6.07) is 8.99. The number of carbonyl (C=O) groups is 2. The normalized spacial score (nSPS) is 10.4. The fraction of sp³-hybridized carbons (Fsp3) is 0.0769. The van der Waals surface area contributed by atoms with E-state index in [2.05, 4.69) is 4.84 Å². The molecule has 2 rings (SSSR count). The third kappa shape index (κ3) is 2.86. The van der Waals surface area contributed by atoms with Crippen LogP contribution in [0, 0.1) is 5.82 Å². The second-order valence-electron chi connectivity index (χ2n) is 3.75. The van der Waals surface area contributed by atoms with Gasteiger partial charge in [-0.05, 0) is 17.5 Å². The number of nitrogens with one attached hydrogen (secondary N) is 1. The van der Waals surface area contributed by atoms with E-state index in [1.165, 1.54) is 12.1 Å². The summed E-state index contributed by atoms with van der Waals surface area (Å²) in [5.41, 5.74) is 2.21. The summed E-state index contributed by atoms with van der Waals surface area (Å²) < 4.78 is 13.5.